The van der Waals surface area contributed by atoms with Crippen LogP contribution in [0.4, 0.5) is 10.1 Å². The van der Waals surface area contributed by atoms with Crippen molar-refractivity contribution in [2.75, 3.05) is 11.6 Å². The first kappa shape index (κ1) is 22.9. The number of hydrogen-bond acceptors (Lipinski definition) is 6. The summed E-state index contributed by atoms with van der Waals surface area (Å²) in [6, 6.07) is 23.2. The van der Waals surface area contributed by atoms with Crippen LogP contribution in [-0.4, -0.2) is 14.7 Å². The minimum Gasteiger partial charge on any atom is -0.349 e. The lowest BCUT2D eigenvalue weighted by Gasteiger charge is -2.14. The van der Waals surface area contributed by atoms with Crippen molar-refractivity contribution < 1.29 is 12.8 Å². The molecule has 158 valence electrons. The summed E-state index contributed by atoms with van der Waals surface area (Å²) in [5.41, 5.74) is 1.33. The predicted octanol–water partition coefficient (Wildman–Crippen LogP) is 6.06. The van der Waals surface area contributed by atoms with E-state index in [0.29, 0.717) is 11.3 Å². The highest BCUT2D eigenvalue weighted by Gasteiger charge is 2.25. The Kier molecular flexibility index (Phi) is 7.80. The minimum absolute atomic E-state index is 0.0371. The van der Waals surface area contributed by atoms with E-state index in [0.717, 1.165) is 16.7 Å². The van der Waals surface area contributed by atoms with E-state index in [-0.39, 0.29) is 26.4 Å². The first-order valence-electron chi connectivity index (χ1n) is 9.17. The molecule has 0 saturated carbocycles. The highest BCUT2D eigenvalue weighted by molar-refractivity contribution is 8.04. The average molecular weight is 471 g/mol. The standard InChI is InChI=1S/C23H19FN2O2S3/c1-29-20-10-6-9-19(14-20)26-23(30-16-17-7-5-8-18(24)13-17)22(15-25)31(27,28)21-11-3-2-4-12-21/h2-14,26H,16H2,1H3. The van der Waals surface area contributed by atoms with Gasteiger partial charge in [-0.1, -0.05) is 36.4 Å². The molecule has 0 bridgehead atoms. The molecule has 1 N–H and O–H groups in total. The van der Waals surface area contributed by atoms with Gasteiger partial charge in [-0.25, -0.2) is 12.8 Å². The maximum absolute atomic E-state index is 13.6. The number of hydrogen-bond donors (Lipinski definition) is 1. The van der Waals surface area contributed by atoms with E-state index in [9.17, 15) is 18.1 Å². The summed E-state index contributed by atoms with van der Waals surface area (Å²) in [5.74, 6) is -0.0840. The number of nitriles is 1. The molecular weight excluding hydrogens is 451 g/mol. The molecule has 0 heterocycles. The fourth-order valence-corrected chi connectivity index (χ4v) is 5.71. The Hall–Kier alpha value is -2.73. The van der Waals surface area contributed by atoms with Crippen LogP contribution in [0.2, 0.25) is 0 Å². The van der Waals surface area contributed by atoms with Crippen LogP contribution in [0.3, 0.4) is 0 Å². The van der Waals surface area contributed by atoms with E-state index in [1.165, 1.54) is 24.3 Å². The van der Waals surface area contributed by atoms with Crippen LogP contribution in [0.1, 0.15) is 5.56 Å². The highest BCUT2D eigenvalue weighted by Crippen LogP contribution is 2.32. The van der Waals surface area contributed by atoms with Crippen molar-refractivity contribution in [1.82, 2.24) is 0 Å². The van der Waals surface area contributed by atoms with Gasteiger partial charge in [0, 0.05) is 16.3 Å². The molecule has 31 heavy (non-hydrogen) atoms. The first-order chi connectivity index (χ1) is 14.9. The minimum atomic E-state index is -4.04. The molecule has 3 rings (SSSR count). The maximum atomic E-state index is 13.6. The molecule has 0 unspecified atom stereocenters. The van der Waals surface area contributed by atoms with Crippen LogP contribution in [0.15, 0.2) is 98.6 Å². The SMILES string of the molecule is CSc1cccc(NC(SCc2cccc(F)c2)=C(C#N)S(=O)(=O)c2ccccc2)c1. The Morgan fingerprint density at radius 3 is 2.45 bits per heavy atom. The summed E-state index contributed by atoms with van der Waals surface area (Å²) in [5, 5.41) is 13.1. The van der Waals surface area contributed by atoms with Gasteiger partial charge >= 0.3 is 0 Å². The molecule has 0 amide bonds. The molecule has 0 fully saturated rings. The molecule has 0 aliphatic rings. The Balaban J connectivity index is 2.04. The van der Waals surface area contributed by atoms with Crippen molar-refractivity contribution in [3.8, 4) is 6.07 Å². The summed E-state index contributed by atoms with van der Waals surface area (Å²) in [6.45, 7) is 0. The van der Waals surface area contributed by atoms with Crippen LogP contribution < -0.4 is 5.32 Å². The Morgan fingerprint density at radius 2 is 1.77 bits per heavy atom. The number of thioether (sulfide) groups is 2. The lowest BCUT2D eigenvalue weighted by molar-refractivity contribution is 0.603. The van der Waals surface area contributed by atoms with Crippen LogP contribution in [-0.2, 0) is 15.6 Å². The summed E-state index contributed by atoms with van der Waals surface area (Å²) in [6.07, 6.45) is 1.94. The Bertz CT molecular complexity index is 1240. The second kappa shape index (κ2) is 10.5. The van der Waals surface area contributed by atoms with Crippen molar-refractivity contribution in [2.24, 2.45) is 0 Å². The lowest BCUT2D eigenvalue weighted by Crippen LogP contribution is -2.10. The van der Waals surface area contributed by atoms with Crippen molar-refractivity contribution >= 4 is 39.0 Å². The summed E-state index contributed by atoms with van der Waals surface area (Å²) < 4.78 is 39.9. The zero-order chi connectivity index (χ0) is 22.3. The van der Waals surface area contributed by atoms with E-state index in [1.54, 1.807) is 48.2 Å². The van der Waals surface area contributed by atoms with E-state index in [2.05, 4.69) is 5.32 Å². The van der Waals surface area contributed by atoms with Crippen LogP contribution in [0.5, 0.6) is 0 Å². The number of benzene rings is 3. The molecule has 0 aliphatic heterocycles. The lowest BCUT2D eigenvalue weighted by atomic mass is 10.2. The van der Waals surface area contributed by atoms with E-state index >= 15 is 0 Å². The molecular formula is C23H19FN2O2S3. The molecule has 0 saturated heterocycles. The quantitative estimate of drug-likeness (QED) is 0.319. The van der Waals surface area contributed by atoms with Crippen molar-refractivity contribution in [3.63, 3.8) is 0 Å². The molecule has 4 nitrogen and oxygen atoms in total. The molecule has 0 atom stereocenters. The summed E-state index contributed by atoms with van der Waals surface area (Å²) in [7, 11) is -4.04. The van der Waals surface area contributed by atoms with Gasteiger partial charge < -0.3 is 5.32 Å². The molecule has 8 heteroatoms. The van der Waals surface area contributed by atoms with Crippen molar-refractivity contribution in [3.05, 3.63) is 100 Å². The number of allylic oxidation sites excluding steroid dienone is 1. The number of anilines is 1. The van der Waals surface area contributed by atoms with Crippen molar-refractivity contribution in [1.29, 1.82) is 5.26 Å². The van der Waals surface area contributed by atoms with E-state index in [1.807, 2.05) is 30.5 Å². The van der Waals surface area contributed by atoms with E-state index in [4.69, 9.17) is 0 Å². The van der Waals surface area contributed by atoms with Gasteiger partial charge in [0.15, 0.2) is 4.91 Å². The smallest absolute Gasteiger partial charge is 0.219 e. The van der Waals surface area contributed by atoms with Gasteiger partial charge in [0.1, 0.15) is 16.9 Å². The third-order valence-electron chi connectivity index (χ3n) is 4.23. The number of rotatable bonds is 8. The van der Waals surface area contributed by atoms with E-state index < -0.39 is 9.84 Å². The molecule has 0 spiro atoms. The number of nitrogens with zero attached hydrogens (tertiary/aromatic N) is 1. The fourth-order valence-electron chi connectivity index (χ4n) is 2.72. The number of halogens is 1. The monoisotopic (exact) mass is 470 g/mol. The van der Waals surface area contributed by atoms with Crippen LogP contribution >= 0.6 is 23.5 Å². The Morgan fingerprint density at radius 1 is 1.03 bits per heavy atom. The molecule has 0 aromatic heterocycles. The summed E-state index contributed by atoms with van der Waals surface area (Å²) in [4.78, 5) is 0.647. The predicted molar refractivity (Wildman–Crippen MR) is 126 cm³/mol. The van der Waals surface area contributed by atoms with Gasteiger partial charge in [-0.2, -0.15) is 5.26 Å². The van der Waals surface area contributed by atoms with Gasteiger partial charge in [-0.15, -0.1) is 23.5 Å². The van der Waals surface area contributed by atoms with Crippen LogP contribution in [0.25, 0.3) is 0 Å². The Labute approximate surface area is 190 Å². The largest absolute Gasteiger partial charge is 0.349 e. The zero-order valence-corrected chi connectivity index (χ0v) is 19.0. The summed E-state index contributed by atoms with van der Waals surface area (Å²) >= 11 is 2.69. The van der Waals surface area contributed by atoms with Gasteiger partial charge in [0.05, 0.1) is 4.90 Å². The maximum Gasteiger partial charge on any atom is 0.219 e. The number of nitrogens with one attached hydrogen (secondary N) is 1. The van der Waals surface area contributed by atoms with Crippen molar-refractivity contribution in [2.45, 2.75) is 15.5 Å². The van der Waals surface area contributed by atoms with Gasteiger partial charge in [0.2, 0.25) is 9.84 Å². The highest BCUT2D eigenvalue weighted by atomic mass is 32.2. The average Bonchev–Trinajstić information content (AvgIpc) is 2.78. The van der Waals surface area contributed by atoms with Crippen LogP contribution in [0, 0.1) is 17.1 Å². The fraction of sp³-hybridized carbons (Fsp3) is 0.0870. The second-order valence-corrected chi connectivity index (χ2v) is 10.1. The molecule has 0 aliphatic carbocycles. The molecule has 0 radical (unpaired) electrons. The van der Waals surface area contributed by atoms with Gasteiger partial charge in [0.25, 0.3) is 0 Å². The normalized spacial score (nSPS) is 12.0. The van der Waals surface area contributed by atoms with Gasteiger partial charge in [-0.3, -0.25) is 0 Å². The molecule has 3 aromatic carbocycles. The molecule has 3 aromatic rings. The third kappa shape index (κ3) is 5.91. The number of sulfone groups is 1. The van der Waals surface area contributed by atoms with Gasteiger partial charge in [-0.05, 0) is 54.3 Å². The first-order valence-corrected chi connectivity index (χ1v) is 12.9. The topological polar surface area (TPSA) is 70.0 Å². The second-order valence-electron chi connectivity index (χ2n) is 6.36. The zero-order valence-electron chi connectivity index (χ0n) is 16.6. The third-order valence-corrected chi connectivity index (χ3v) is 7.88.